The molecule has 0 aliphatic carbocycles. The minimum absolute atomic E-state index is 0.788. The van der Waals surface area contributed by atoms with Gasteiger partial charge < -0.3 is 14.2 Å². The number of hydrogen-bond donors (Lipinski definition) is 1. The molecule has 0 atom stereocenters. The summed E-state index contributed by atoms with van der Waals surface area (Å²) in [5.74, 6) is 2.00. The van der Waals surface area contributed by atoms with Crippen LogP contribution in [0.2, 0.25) is 0 Å². The fourth-order valence-corrected chi connectivity index (χ4v) is 7.87. The monoisotopic (exact) mass is 614 g/mol. The second kappa shape index (κ2) is 18.7. The molecule has 4 heterocycles. The molecule has 1 N–H and O–H groups in total. The molecule has 0 radical (unpaired) electrons. The predicted molar refractivity (Wildman–Crippen MR) is 181 cm³/mol. The van der Waals surface area contributed by atoms with E-state index in [-0.39, 0.29) is 0 Å². The second-order valence-electron chi connectivity index (χ2n) is 11.0. The molecule has 0 saturated heterocycles. The number of rotatable bonds is 22. The Morgan fingerprint density at radius 2 is 1.12 bits per heavy atom. The van der Waals surface area contributed by atoms with Crippen molar-refractivity contribution in [3.05, 3.63) is 56.7 Å². The van der Waals surface area contributed by atoms with E-state index in [4.69, 9.17) is 9.47 Å². The van der Waals surface area contributed by atoms with Gasteiger partial charge >= 0.3 is 0 Å². The summed E-state index contributed by atoms with van der Waals surface area (Å²) in [6.45, 7) is 6.13. The van der Waals surface area contributed by atoms with Gasteiger partial charge in [0.25, 0.3) is 0 Å². The highest BCUT2D eigenvalue weighted by molar-refractivity contribution is 7.95. The molecular weight excluding hydrogens is 565 g/mol. The largest absolute Gasteiger partial charge is 0.492 e. The number of ether oxygens (including phenoxy) is 2. The highest BCUT2D eigenvalue weighted by atomic mass is 32.2. The van der Waals surface area contributed by atoms with Crippen molar-refractivity contribution in [2.75, 3.05) is 13.2 Å². The number of nitrogens with one attached hydrogen (secondary N) is 1. The quantitative estimate of drug-likeness (QED) is 0.105. The van der Waals surface area contributed by atoms with Crippen LogP contribution < -0.4 is 14.2 Å². The van der Waals surface area contributed by atoms with Crippen LogP contribution in [-0.4, -0.2) is 17.5 Å². The van der Waals surface area contributed by atoms with E-state index in [0.717, 1.165) is 37.6 Å². The standard InChI is InChI=1S/C34H50N2O2S3/c1-3-5-7-9-11-13-15-17-23-37-31-21-25-39-33(31)28-19-20-29(36-30(28)27-35-41-36)34-32(22-26-40-34)38-24-18-16-14-12-10-8-6-4-2/h19-22,25-27,35H,3-18,23-24H2,1-2H3. The predicted octanol–water partition coefficient (Wildman–Crippen LogP) is 11.6. The van der Waals surface area contributed by atoms with Crippen molar-refractivity contribution in [2.24, 2.45) is 0 Å². The first-order valence-electron chi connectivity index (χ1n) is 16.1. The van der Waals surface area contributed by atoms with Gasteiger partial charge in [0.1, 0.15) is 11.5 Å². The summed E-state index contributed by atoms with van der Waals surface area (Å²) in [5, 5.41) is 4.29. The minimum Gasteiger partial charge on any atom is -0.492 e. The van der Waals surface area contributed by atoms with Crippen molar-refractivity contribution in [1.82, 2.24) is 9.03 Å². The van der Waals surface area contributed by atoms with Gasteiger partial charge in [0.05, 0.1) is 46.5 Å². The third-order valence-electron chi connectivity index (χ3n) is 7.71. The molecule has 0 amide bonds. The highest BCUT2D eigenvalue weighted by Gasteiger charge is 2.31. The third kappa shape index (κ3) is 9.86. The number of nitrogens with zero attached hydrogens (tertiary/aromatic N) is 1. The van der Waals surface area contributed by atoms with Gasteiger partial charge in [-0.05, 0) is 47.9 Å². The first-order valence-corrected chi connectivity index (χ1v) is 18.6. The topological polar surface area (TPSA) is 33.7 Å². The first kappa shape index (κ1) is 32.1. The van der Waals surface area contributed by atoms with Crippen molar-refractivity contribution in [1.29, 1.82) is 0 Å². The van der Waals surface area contributed by atoms with E-state index in [2.05, 4.69) is 64.1 Å². The summed E-state index contributed by atoms with van der Waals surface area (Å²) < 4.78 is 18.3. The number of unbranched alkanes of at least 4 members (excludes halogenated alkanes) is 14. The van der Waals surface area contributed by atoms with Crippen molar-refractivity contribution in [2.45, 2.75) is 117 Å². The highest BCUT2D eigenvalue weighted by Crippen LogP contribution is 2.48. The molecular formula is C34H50N2O2S3. The van der Waals surface area contributed by atoms with Gasteiger partial charge in [-0.2, -0.15) is 0 Å². The van der Waals surface area contributed by atoms with E-state index in [1.165, 1.54) is 117 Å². The summed E-state index contributed by atoms with van der Waals surface area (Å²) in [6.07, 6.45) is 27.6. The van der Waals surface area contributed by atoms with Crippen LogP contribution in [0, 0.1) is 0 Å². The zero-order valence-corrected chi connectivity index (χ0v) is 27.7. The first-order chi connectivity index (χ1) is 20.3. The van der Waals surface area contributed by atoms with Gasteiger partial charge in [-0.1, -0.05) is 104 Å². The zero-order valence-electron chi connectivity index (χ0n) is 25.3. The number of thiophene rings is 2. The van der Waals surface area contributed by atoms with Crippen LogP contribution in [0.1, 0.15) is 126 Å². The molecule has 7 heteroatoms. The average molecular weight is 615 g/mol. The molecule has 4 rings (SSSR count). The van der Waals surface area contributed by atoms with E-state index in [1.807, 2.05) is 0 Å². The van der Waals surface area contributed by atoms with Crippen LogP contribution in [0.25, 0.3) is 11.3 Å². The maximum absolute atomic E-state index is 6.30. The molecule has 2 aliphatic heterocycles. The lowest BCUT2D eigenvalue weighted by molar-refractivity contribution is 0.304. The van der Waals surface area contributed by atoms with Crippen molar-refractivity contribution in [3.8, 4) is 11.5 Å². The van der Waals surface area contributed by atoms with Gasteiger partial charge in [0.2, 0.25) is 0 Å². The normalized spacial score (nSPS) is 14.4. The summed E-state index contributed by atoms with van der Waals surface area (Å²) in [7, 11) is 0. The fraction of sp³-hybridized carbons (Fsp3) is 0.588. The smallest absolute Gasteiger partial charge is 0.139 e. The van der Waals surface area contributed by atoms with Crippen LogP contribution >= 0.6 is 34.8 Å². The van der Waals surface area contributed by atoms with Gasteiger partial charge in [-0.3, -0.25) is 4.31 Å². The number of allylic oxidation sites excluding steroid dienone is 3. The van der Waals surface area contributed by atoms with Crippen molar-refractivity contribution >= 4 is 46.1 Å². The van der Waals surface area contributed by atoms with Crippen molar-refractivity contribution < 1.29 is 9.47 Å². The summed E-state index contributed by atoms with van der Waals surface area (Å²) in [6, 6.07) is 4.25. The minimum atomic E-state index is 0.788. The van der Waals surface area contributed by atoms with E-state index >= 15 is 0 Å². The zero-order chi connectivity index (χ0) is 28.5. The maximum atomic E-state index is 6.30. The second-order valence-corrected chi connectivity index (χ2v) is 13.7. The Bertz CT molecular complexity index is 1120. The Hall–Kier alpha value is -1.83. The lowest BCUT2D eigenvalue weighted by atomic mass is 10.1. The van der Waals surface area contributed by atoms with Crippen LogP contribution in [0.4, 0.5) is 0 Å². The Morgan fingerprint density at radius 3 is 1.71 bits per heavy atom. The molecule has 4 nitrogen and oxygen atoms in total. The molecule has 0 spiro atoms. The number of hydrogen-bond acceptors (Lipinski definition) is 7. The molecule has 0 fully saturated rings. The summed E-state index contributed by atoms with van der Waals surface area (Å²) in [5.41, 5.74) is 3.56. The van der Waals surface area contributed by atoms with Crippen LogP contribution in [-0.2, 0) is 0 Å². The van der Waals surface area contributed by atoms with E-state index in [1.54, 1.807) is 34.8 Å². The average Bonchev–Trinajstić information content (AvgIpc) is 3.76. The summed E-state index contributed by atoms with van der Waals surface area (Å²) in [4.78, 5) is 2.40. The fourth-order valence-electron chi connectivity index (χ4n) is 5.33. The number of fused-ring (bicyclic) bond motifs is 1. The Balaban J connectivity index is 1.29. The molecule has 0 unspecified atom stereocenters. The molecule has 2 aromatic rings. The van der Waals surface area contributed by atoms with Crippen LogP contribution in [0.5, 0.6) is 11.5 Å². The van der Waals surface area contributed by atoms with E-state index < -0.39 is 0 Å². The Labute approximate surface area is 261 Å². The lowest BCUT2D eigenvalue weighted by Crippen LogP contribution is -2.15. The molecule has 2 aliphatic rings. The third-order valence-corrected chi connectivity index (χ3v) is 10.4. The molecule has 0 bridgehead atoms. The van der Waals surface area contributed by atoms with Crippen molar-refractivity contribution in [3.63, 3.8) is 0 Å². The van der Waals surface area contributed by atoms with Gasteiger partial charge in [-0.15, -0.1) is 22.7 Å². The van der Waals surface area contributed by atoms with Gasteiger partial charge in [0, 0.05) is 11.8 Å². The van der Waals surface area contributed by atoms with Crippen LogP contribution in [0.3, 0.4) is 0 Å². The van der Waals surface area contributed by atoms with Gasteiger partial charge in [-0.25, -0.2) is 0 Å². The van der Waals surface area contributed by atoms with E-state index in [0.29, 0.717) is 0 Å². The molecule has 226 valence electrons. The molecule has 0 saturated carbocycles. The lowest BCUT2D eigenvalue weighted by Gasteiger charge is -2.27. The van der Waals surface area contributed by atoms with Crippen LogP contribution in [0.15, 0.2) is 46.9 Å². The Kier molecular flexibility index (Phi) is 14.6. The summed E-state index contributed by atoms with van der Waals surface area (Å²) >= 11 is 5.14. The maximum Gasteiger partial charge on any atom is 0.139 e. The molecule has 41 heavy (non-hydrogen) atoms. The van der Waals surface area contributed by atoms with E-state index in [9.17, 15) is 0 Å². The molecule has 2 aromatic heterocycles. The SMILES string of the molecule is CCCCCCCCCCOc1ccsc1C1=CC=C(c2sccc2OCCCCCCCCCC)N2SNC=C12. The van der Waals surface area contributed by atoms with Gasteiger partial charge in [0.15, 0.2) is 0 Å². The Morgan fingerprint density at radius 1 is 0.610 bits per heavy atom. The molecule has 0 aromatic carbocycles.